The Morgan fingerprint density at radius 2 is 2.05 bits per heavy atom. The maximum atomic E-state index is 11.9. The molecule has 112 valence electrons. The van der Waals surface area contributed by atoms with Crippen LogP contribution in [0.15, 0.2) is 30.3 Å². The smallest absolute Gasteiger partial charge is 0.325 e. The standard InChI is InChI=1S/C14H16N2O5/c1-3-15(10-14(18)21-2)13(17)9-8-11-6-4-5-7-12(11)16(19)20/h4-9H,3,10H2,1-2H3. The molecule has 7 heteroatoms. The van der Waals surface area contributed by atoms with Gasteiger partial charge in [0.05, 0.1) is 17.6 Å². The Labute approximate surface area is 122 Å². The first-order valence-corrected chi connectivity index (χ1v) is 6.26. The van der Waals surface area contributed by atoms with Gasteiger partial charge in [-0.25, -0.2) is 0 Å². The van der Waals surface area contributed by atoms with E-state index in [9.17, 15) is 19.7 Å². The van der Waals surface area contributed by atoms with Crippen LogP contribution in [0.1, 0.15) is 12.5 Å². The highest BCUT2D eigenvalue weighted by Crippen LogP contribution is 2.18. The van der Waals surface area contributed by atoms with Gasteiger partial charge < -0.3 is 9.64 Å². The number of esters is 1. The van der Waals surface area contributed by atoms with E-state index in [1.165, 1.54) is 30.2 Å². The third-order valence-corrected chi connectivity index (χ3v) is 2.78. The van der Waals surface area contributed by atoms with E-state index in [1.54, 1.807) is 25.1 Å². The fraction of sp³-hybridized carbons (Fsp3) is 0.286. The van der Waals surface area contributed by atoms with Gasteiger partial charge in [-0.05, 0) is 19.1 Å². The topological polar surface area (TPSA) is 89.8 Å². The number of nitro groups is 1. The highest BCUT2D eigenvalue weighted by atomic mass is 16.6. The van der Waals surface area contributed by atoms with Crippen molar-refractivity contribution in [2.24, 2.45) is 0 Å². The molecule has 0 saturated carbocycles. The van der Waals surface area contributed by atoms with Gasteiger partial charge in [-0.15, -0.1) is 0 Å². The number of hydrogen-bond donors (Lipinski definition) is 0. The van der Waals surface area contributed by atoms with Crippen LogP contribution in [0.4, 0.5) is 5.69 Å². The van der Waals surface area contributed by atoms with Crippen molar-refractivity contribution < 1.29 is 19.2 Å². The molecule has 0 N–H and O–H groups in total. The van der Waals surface area contributed by atoms with Gasteiger partial charge in [-0.1, -0.05) is 12.1 Å². The largest absolute Gasteiger partial charge is 0.468 e. The van der Waals surface area contributed by atoms with Crippen LogP contribution in [-0.2, 0) is 14.3 Å². The van der Waals surface area contributed by atoms with E-state index in [4.69, 9.17) is 0 Å². The van der Waals surface area contributed by atoms with Gasteiger partial charge in [0.15, 0.2) is 0 Å². The molecule has 0 aliphatic rings. The lowest BCUT2D eigenvalue weighted by atomic mass is 10.1. The van der Waals surface area contributed by atoms with Crippen molar-refractivity contribution in [3.05, 3.63) is 46.0 Å². The van der Waals surface area contributed by atoms with Crippen molar-refractivity contribution in [2.75, 3.05) is 20.2 Å². The van der Waals surface area contributed by atoms with E-state index in [0.29, 0.717) is 12.1 Å². The number of carbonyl (C=O) groups excluding carboxylic acids is 2. The number of nitrogens with zero attached hydrogens (tertiary/aromatic N) is 2. The molecular weight excluding hydrogens is 276 g/mol. The number of para-hydroxylation sites is 1. The second-order valence-electron chi connectivity index (χ2n) is 4.08. The Balaban J connectivity index is 2.86. The van der Waals surface area contributed by atoms with Crippen molar-refractivity contribution in [1.82, 2.24) is 4.90 Å². The lowest BCUT2D eigenvalue weighted by Gasteiger charge is -2.17. The minimum absolute atomic E-state index is 0.0856. The van der Waals surface area contributed by atoms with Crippen LogP contribution in [0, 0.1) is 10.1 Å². The Morgan fingerprint density at radius 3 is 2.62 bits per heavy atom. The third-order valence-electron chi connectivity index (χ3n) is 2.78. The van der Waals surface area contributed by atoms with Crippen molar-refractivity contribution >= 4 is 23.6 Å². The summed E-state index contributed by atoms with van der Waals surface area (Å²) >= 11 is 0. The summed E-state index contributed by atoms with van der Waals surface area (Å²) in [6, 6.07) is 6.09. The lowest BCUT2D eigenvalue weighted by molar-refractivity contribution is -0.385. The summed E-state index contributed by atoms with van der Waals surface area (Å²) in [6.45, 7) is 1.89. The predicted octanol–water partition coefficient (Wildman–Crippen LogP) is 1.63. The van der Waals surface area contributed by atoms with E-state index in [1.807, 2.05) is 0 Å². The van der Waals surface area contributed by atoms with Gasteiger partial charge in [-0.3, -0.25) is 19.7 Å². The molecule has 0 radical (unpaired) electrons. The molecular formula is C14H16N2O5. The number of rotatable bonds is 6. The number of hydrogen-bond acceptors (Lipinski definition) is 5. The third kappa shape index (κ3) is 4.72. The molecule has 0 heterocycles. The number of nitro benzene ring substituents is 1. The van der Waals surface area contributed by atoms with Crippen LogP contribution in [0.2, 0.25) is 0 Å². The number of ether oxygens (including phenoxy) is 1. The molecule has 21 heavy (non-hydrogen) atoms. The van der Waals surface area contributed by atoms with Crippen molar-refractivity contribution in [1.29, 1.82) is 0 Å². The number of benzene rings is 1. The Kier molecular flexibility index (Phi) is 6.06. The molecule has 0 fully saturated rings. The summed E-state index contributed by atoms with van der Waals surface area (Å²) in [4.78, 5) is 34.7. The molecule has 0 spiro atoms. The lowest BCUT2D eigenvalue weighted by Crippen LogP contribution is -2.34. The summed E-state index contributed by atoms with van der Waals surface area (Å²) in [7, 11) is 1.24. The first-order valence-electron chi connectivity index (χ1n) is 6.26. The van der Waals surface area contributed by atoms with Crippen molar-refractivity contribution in [3.63, 3.8) is 0 Å². The highest BCUT2D eigenvalue weighted by Gasteiger charge is 2.14. The molecule has 0 saturated heterocycles. The van der Waals surface area contributed by atoms with Crippen LogP contribution in [0.5, 0.6) is 0 Å². The molecule has 1 rings (SSSR count). The second kappa shape index (κ2) is 7.78. The van der Waals surface area contributed by atoms with E-state index in [0.717, 1.165) is 0 Å². The average molecular weight is 292 g/mol. The van der Waals surface area contributed by atoms with E-state index < -0.39 is 16.8 Å². The second-order valence-corrected chi connectivity index (χ2v) is 4.08. The van der Waals surface area contributed by atoms with Crippen LogP contribution >= 0.6 is 0 Å². The quantitative estimate of drug-likeness (QED) is 0.344. The molecule has 1 aromatic carbocycles. The normalized spacial score (nSPS) is 10.4. The van der Waals surface area contributed by atoms with Gasteiger partial charge in [-0.2, -0.15) is 0 Å². The zero-order chi connectivity index (χ0) is 15.8. The van der Waals surface area contributed by atoms with Crippen LogP contribution in [-0.4, -0.2) is 41.9 Å². The SMILES string of the molecule is CCN(CC(=O)OC)C(=O)C=Cc1ccccc1[N+](=O)[O-]. The van der Waals surface area contributed by atoms with Gasteiger partial charge in [0, 0.05) is 18.7 Å². The monoisotopic (exact) mass is 292 g/mol. The Bertz CT molecular complexity index is 568. The molecule has 0 atom stereocenters. The first kappa shape index (κ1) is 16.4. The number of methoxy groups -OCH3 is 1. The summed E-state index contributed by atoms with van der Waals surface area (Å²) in [5.74, 6) is -0.939. The molecule has 0 aromatic heterocycles. The van der Waals surface area contributed by atoms with Gasteiger partial charge in [0.2, 0.25) is 5.91 Å². The maximum absolute atomic E-state index is 11.9. The van der Waals surface area contributed by atoms with E-state index in [-0.39, 0.29) is 12.2 Å². The van der Waals surface area contributed by atoms with Crippen LogP contribution < -0.4 is 0 Å². The summed E-state index contributed by atoms with van der Waals surface area (Å²) in [6.07, 6.45) is 2.56. The highest BCUT2D eigenvalue weighted by molar-refractivity contribution is 5.94. The summed E-state index contributed by atoms with van der Waals surface area (Å²) in [5.41, 5.74) is 0.238. The average Bonchev–Trinajstić information content (AvgIpc) is 2.49. The number of carbonyl (C=O) groups is 2. The van der Waals surface area contributed by atoms with Crippen LogP contribution in [0.25, 0.3) is 6.08 Å². The van der Waals surface area contributed by atoms with Crippen molar-refractivity contribution in [3.8, 4) is 0 Å². The fourth-order valence-corrected chi connectivity index (χ4v) is 1.63. The zero-order valence-corrected chi connectivity index (χ0v) is 11.8. The first-order chi connectivity index (χ1) is 9.99. The number of amides is 1. The minimum atomic E-state index is -0.524. The Hall–Kier alpha value is -2.70. The van der Waals surface area contributed by atoms with E-state index >= 15 is 0 Å². The molecule has 0 unspecified atom stereocenters. The molecule has 0 bridgehead atoms. The summed E-state index contributed by atoms with van der Waals surface area (Å²) in [5, 5.41) is 10.9. The van der Waals surface area contributed by atoms with Gasteiger partial charge in [0.1, 0.15) is 6.54 Å². The molecule has 0 aliphatic heterocycles. The molecule has 7 nitrogen and oxygen atoms in total. The maximum Gasteiger partial charge on any atom is 0.325 e. The van der Waals surface area contributed by atoms with Crippen molar-refractivity contribution in [2.45, 2.75) is 6.92 Å². The number of likely N-dealkylation sites (N-methyl/N-ethyl adjacent to an activating group) is 1. The summed E-state index contributed by atoms with van der Waals surface area (Å²) < 4.78 is 4.50. The molecule has 1 amide bonds. The predicted molar refractivity (Wildman–Crippen MR) is 76.4 cm³/mol. The molecule has 1 aromatic rings. The minimum Gasteiger partial charge on any atom is -0.468 e. The van der Waals surface area contributed by atoms with Gasteiger partial charge in [0.25, 0.3) is 5.69 Å². The fourth-order valence-electron chi connectivity index (χ4n) is 1.63. The Morgan fingerprint density at radius 1 is 1.38 bits per heavy atom. The molecule has 0 aliphatic carbocycles. The van der Waals surface area contributed by atoms with Gasteiger partial charge >= 0.3 is 5.97 Å². The van der Waals surface area contributed by atoms with Crippen LogP contribution in [0.3, 0.4) is 0 Å². The zero-order valence-electron chi connectivity index (χ0n) is 11.8. The van der Waals surface area contributed by atoms with E-state index in [2.05, 4.69) is 4.74 Å².